The fourth-order valence-electron chi connectivity index (χ4n) is 1.36. The van der Waals surface area contributed by atoms with Gasteiger partial charge < -0.3 is 4.74 Å². The van der Waals surface area contributed by atoms with Crippen LogP contribution >= 0.6 is 11.6 Å². The summed E-state index contributed by atoms with van der Waals surface area (Å²) in [5.41, 5.74) is 7.51. The zero-order valence-corrected chi connectivity index (χ0v) is 8.72. The molecule has 1 aromatic rings. The van der Waals surface area contributed by atoms with Gasteiger partial charge >= 0.3 is 0 Å². The summed E-state index contributed by atoms with van der Waals surface area (Å²) in [6.07, 6.45) is 1.77. The van der Waals surface area contributed by atoms with Gasteiger partial charge in [-0.15, -0.1) is 0 Å². The molecule has 1 aliphatic heterocycles. The second-order valence-electron chi connectivity index (χ2n) is 2.98. The lowest BCUT2D eigenvalue weighted by molar-refractivity contribution is 0.181. The number of hydrogen-bond donors (Lipinski definition) is 0. The van der Waals surface area contributed by atoms with Crippen LogP contribution in [0.5, 0.6) is 0 Å². The zero-order chi connectivity index (χ0) is 10.1. The molecule has 0 radical (unpaired) electrons. The van der Waals surface area contributed by atoms with Crippen molar-refractivity contribution in [1.29, 1.82) is 0 Å². The Kier molecular flexibility index (Phi) is 2.32. The SMILES string of the molecule is COCc1nc2n(c1C)C=C=C=C2Cl. The zero-order valence-electron chi connectivity index (χ0n) is 7.97. The third-order valence-corrected chi connectivity index (χ3v) is 2.36. The van der Waals surface area contributed by atoms with Gasteiger partial charge in [0, 0.05) is 12.8 Å². The Morgan fingerprint density at radius 2 is 2.43 bits per heavy atom. The molecule has 0 spiro atoms. The van der Waals surface area contributed by atoms with Crippen molar-refractivity contribution in [2.45, 2.75) is 13.5 Å². The minimum absolute atomic E-state index is 0.484. The Balaban J connectivity index is 2.55. The van der Waals surface area contributed by atoms with E-state index in [2.05, 4.69) is 16.4 Å². The second kappa shape index (κ2) is 3.49. The van der Waals surface area contributed by atoms with E-state index < -0.39 is 0 Å². The second-order valence-corrected chi connectivity index (χ2v) is 3.36. The van der Waals surface area contributed by atoms with Gasteiger partial charge in [-0.1, -0.05) is 17.3 Å². The molecule has 0 aromatic carbocycles. The maximum absolute atomic E-state index is 5.93. The van der Waals surface area contributed by atoms with Crippen molar-refractivity contribution < 1.29 is 4.74 Å². The van der Waals surface area contributed by atoms with Crippen LogP contribution in [0.2, 0.25) is 0 Å². The first-order chi connectivity index (χ1) is 6.74. The molecule has 2 heterocycles. The van der Waals surface area contributed by atoms with Gasteiger partial charge in [0.2, 0.25) is 0 Å². The summed E-state index contributed by atoms with van der Waals surface area (Å²) in [7, 11) is 1.64. The molecule has 0 fully saturated rings. The van der Waals surface area contributed by atoms with Crippen LogP contribution in [0.1, 0.15) is 17.2 Å². The summed E-state index contributed by atoms with van der Waals surface area (Å²) in [6.45, 7) is 2.46. The molecular weight excluding hydrogens is 200 g/mol. The van der Waals surface area contributed by atoms with E-state index >= 15 is 0 Å². The quantitative estimate of drug-likeness (QED) is 0.697. The third-order valence-electron chi connectivity index (χ3n) is 2.10. The van der Waals surface area contributed by atoms with Crippen LogP contribution in [0.4, 0.5) is 0 Å². The molecule has 72 valence electrons. The van der Waals surface area contributed by atoms with E-state index in [1.807, 2.05) is 11.5 Å². The number of hydrogen-bond acceptors (Lipinski definition) is 2. The van der Waals surface area contributed by atoms with Crippen molar-refractivity contribution in [3.05, 3.63) is 28.7 Å². The average Bonchev–Trinajstić information content (AvgIpc) is 2.48. The van der Waals surface area contributed by atoms with Crippen LogP contribution in [0, 0.1) is 6.92 Å². The van der Waals surface area contributed by atoms with Gasteiger partial charge in [-0.05, 0) is 12.7 Å². The van der Waals surface area contributed by atoms with Crippen LogP contribution in [-0.2, 0) is 11.3 Å². The molecule has 0 saturated carbocycles. The lowest BCUT2D eigenvalue weighted by atomic mass is 10.3. The number of imidazole rings is 1. The molecule has 3 nitrogen and oxygen atoms in total. The van der Waals surface area contributed by atoms with E-state index in [1.165, 1.54) is 0 Å². The topological polar surface area (TPSA) is 27.1 Å². The maximum Gasteiger partial charge on any atom is 0.165 e. The molecule has 0 amide bonds. The number of nitrogens with zero attached hydrogens (tertiary/aromatic N) is 2. The number of aromatic nitrogens is 2. The summed E-state index contributed by atoms with van der Waals surface area (Å²) in [4.78, 5) is 4.36. The standard InChI is InChI=1S/C10H9ClN2O/c1-7-9(6-14-2)12-10-8(11)4-3-5-13(7)10/h5H,6H2,1-2H3. The number of ether oxygens (including phenoxy) is 1. The summed E-state index contributed by atoms with van der Waals surface area (Å²) < 4.78 is 6.92. The maximum atomic E-state index is 5.93. The first-order valence-corrected chi connectivity index (χ1v) is 4.56. The average molecular weight is 209 g/mol. The van der Waals surface area contributed by atoms with Crippen LogP contribution in [0.3, 0.4) is 0 Å². The monoisotopic (exact) mass is 208 g/mol. The van der Waals surface area contributed by atoms with Crippen molar-refractivity contribution in [3.63, 3.8) is 0 Å². The summed E-state index contributed by atoms with van der Waals surface area (Å²) >= 11 is 5.93. The van der Waals surface area contributed by atoms with Crippen molar-refractivity contribution in [2.75, 3.05) is 7.11 Å². The first kappa shape index (κ1) is 9.32. The van der Waals surface area contributed by atoms with Crippen LogP contribution in [0.15, 0.2) is 11.5 Å². The minimum Gasteiger partial charge on any atom is -0.378 e. The van der Waals surface area contributed by atoms with E-state index in [0.717, 1.165) is 11.4 Å². The smallest absolute Gasteiger partial charge is 0.165 e. The fraction of sp³-hybridized carbons (Fsp3) is 0.300. The van der Waals surface area contributed by atoms with Crippen molar-refractivity contribution in [3.8, 4) is 0 Å². The molecule has 2 rings (SSSR count). The molecular formula is C10H9ClN2O. The predicted octanol–water partition coefficient (Wildman–Crippen LogP) is 2.16. The highest BCUT2D eigenvalue weighted by molar-refractivity contribution is 6.48. The van der Waals surface area contributed by atoms with Gasteiger partial charge in [0.05, 0.1) is 18.5 Å². The molecule has 1 aromatic heterocycles. The van der Waals surface area contributed by atoms with Gasteiger partial charge in [0.1, 0.15) is 5.03 Å². The van der Waals surface area contributed by atoms with Gasteiger partial charge in [0.15, 0.2) is 5.82 Å². The Morgan fingerprint density at radius 1 is 1.64 bits per heavy atom. The van der Waals surface area contributed by atoms with Gasteiger partial charge in [-0.25, -0.2) is 4.98 Å². The fourth-order valence-corrected chi connectivity index (χ4v) is 1.55. The van der Waals surface area contributed by atoms with Gasteiger partial charge in [-0.3, -0.25) is 4.57 Å². The van der Waals surface area contributed by atoms with Crippen molar-refractivity contribution in [2.24, 2.45) is 0 Å². The molecule has 1 aliphatic rings. The number of fused-ring (bicyclic) bond motifs is 1. The van der Waals surface area contributed by atoms with E-state index in [0.29, 0.717) is 17.5 Å². The van der Waals surface area contributed by atoms with Crippen molar-refractivity contribution >= 4 is 22.8 Å². The lowest BCUT2D eigenvalue weighted by Crippen LogP contribution is -1.96. The predicted molar refractivity (Wildman–Crippen MR) is 54.7 cm³/mol. The van der Waals surface area contributed by atoms with E-state index in [9.17, 15) is 0 Å². The Hall–Kier alpha value is -1.24. The van der Waals surface area contributed by atoms with Crippen LogP contribution in [-0.4, -0.2) is 16.7 Å². The van der Waals surface area contributed by atoms with Crippen molar-refractivity contribution in [1.82, 2.24) is 9.55 Å². The Bertz CT molecular complexity index is 475. The largest absolute Gasteiger partial charge is 0.378 e. The summed E-state index contributed by atoms with van der Waals surface area (Å²) in [5, 5.41) is 0.484. The molecule has 0 saturated heterocycles. The van der Waals surface area contributed by atoms with Gasteiger partial charge in [0.25, 0.3) is 0 Å². The highest BCUT2D eigenvalue weighted by Crippen LogP contribution is 2.23. The van der Waals surface area contributed by atoms with E-state index in [4.69, 9.17) is 16.3 Å². The molecule has 0 N–H and O–H groups in total. The lowest BCUT2D eigenvalue weighted by Gasteiger charge is -2.02. The first-order valence-electron chi connectivity index (χ1n) is 4.18. The van der Waals surface area contributed by atoms with Crippen LogP contribution in [0.25, 0.3) is 11.2 Å². The molecule has 0 atom stereocenters. The molecule has 4 heteroatoms. The summed E-state index contributed by atoms with van der Waals surface area (Å²) in [5.74, 6) is 0.704. The highest BCUT2D eigenvalue weighted by atomic mass is 35.5. The Labute approximate surface area is 87.0 Å². The normalized spacial score (nSPS) is 12.9. The molecule has 0 unspecified atom stereocenters. The number of halogens is 1. The van der Waals surface area contributed by atoms with E-state index in [1.54, 1.807) is 13.3 Å². The third kappa shape index (κ3) is 1.33. The Morgan fingerprint density at radius 3 is 3.07 bits per heavy atom. The number of methoxy groups -OCH3 is 1. The number of rotatable bonds is 2. The van der Waals surface area contributed by atoms with Crippen LogP contribution < -0.4 is 0 Å². The van der Waals surface area contributed by atoms with Gasteiger partial charge in [-0.2, -0.15) is 0 Å². The molecule has 0 bridgehead atoms. The molecule has 14 heavy (non-hydrogen) atoms. The molecule has 0 aliphatic carbocycles. The van der Waals surface area contributed by atoms with E-state index in [-0.39, 0.29) is 0 Å². The highest BCUT2D eigenvalue weighted by Gasteiger charge is 2.15. The minimum atomic E-state index is 0.484. The summed E-state index contributed by atoms with van der Waals surface area (Å²) in [6, 6.07) is 0.